The summed E-state index contributed by atoms with van der Waals surface area (Å²) in [5.41, 5.74) is 6.24. The van der Waals surface area contributed by atoms with Gasteiger partial charge in [0.2, 0.25) is 5.91 Å². The van der Waals surface area contributed by atoms with E-state index in [0.29, 0.717) is 30.3 Å². The summed E-state index contributed by atoms with van der Waals surface area (Å²) < 4.78 is 4.64. The quantitative estimate of drug-likeness (QED) is 0.112. The number of nitrogens with one attached hydrogen (secondary N) is 4. The predicted octanol–water partition coefficient (Wildman–Crippen LogP) is 6.21. The van der Waals surface area contributed by atoms with E-state index in [1.807, 2.05) is 42.5 Å². The minimum absolute atomic E-state index is 0.180. The molecule has 0 saturated carbocycles. The summed E-state index contributed by atoms with van der Waals surface area (Å²) in [5.74, 6) is 0.889. The first-order chi connectivity index (χ1) is 26.2. The molecule has 2 aliphatic heterocycles. The minimum Gasteiger partial charge on any atom is -0.465 e. The van der Waals surface area contributed by atoms with Crippen LogP contribution < -0.4 is 10.6 Å². The maximum absolute atomic E-state index is 13.7. The number of carbonyl (C=O) groups excluding carboxylic acids is 3. The van der Waals surface area contributed by atoms with Gasteiger partial charge < -0.3 is 40.2 Å². The molecule has 54 heavy (non-hydrogen) atoms. The Morgan fingerprint density at radius 3 is 1.69 bits per heavy atom. The largest absolute Gasteiger partial charge is 0.465 e. The third-order valence-corrected chi connectivity index (χ3v) is 10.2. The van der Waals surface area contributed by atoms with Crippen LogP contribution in [-0.2, 0) is 14.3 Å². The highest BCUT2D eigenvalue weighted by atomic mass is 16.5. The van der Waals surface area contributed by atoms with Crippen molar-refractivity contribution in [3.05, 3.63) is 108 Å². The van der Waals surface area contributed by atoms with Crippen LogP contribution in [0.25, 0.3) is 33.6 Å². The van der Waals surface area contributed by atoms with Crippen molar-refractivity contribution in [2.75, 3.05) is 20.2 Å². The van der Waals surface area contributed by atoms with Crippen molar-refractivity contribution in [2.45, 2.75) is 56.8 Å². The Morgan fingerprint density at radius 1 is 0.722 bits per heavy atom. The average molecular weight is 731 g/mol. The summed E-state index contributed by atoms with van der Waals surface area (Å²) in [4.78, 5) is 69.6. The Hall–Kier alpha value is -6.44. The SMILES string of the molecule is COC(=O)N[C@@H](C)C(=O)N1CCC[C@H]1c1ncc(-c2ccc(-c3ccc(-c4cnc([C@@H]5CCCN5C(=O)[C@H](NC(=O)O)c5ccccc5)[nH]4)cc3)cc2)[nH]1. The van der Waals surface area contributed by atoms with Crippen LogP contribution >= 0.6 is 0 Å². The Morgan fingerprint density at radius 2 is 1.20 bits per heavy atom. The van der Waals surface area contributed by atoms with Gasteiger partial charge in [0.1, 0.15) is 23.7 Å². The van der Waals surface area contributed by atoms with Crippen molar-refractivity contribution in [3.63, 3.8) is 0 Å². The summed E-state index contributed by atoms with van der Waals surface area (Å²) in [6.45, 7) is 2.75. The molecule has 2 fully saturated rings. The van der Waals surface area contributed by atoms with Gasteiger partial charge in [-0.1, -0.05) is 78.9 Å². The smallest absolute Gasteiger partial charge is 0.407 e. The Balaban J connectivity index is 1.00. The highest BCUT2D eigenvalue weighted by Gasteiger charge is 2.37. The van der Waals surface area contributed by atoms with Gasteiger partial charge in [-0.2, -0.15) is 0 Å². The van der Waals surface area contributed by atoms with Gasteiger partial charge in [-0.15, -0.1) is 0 Å². The number of rotatable bonds is 10. The van der Waals surface area contributed by atoms with Crippen LogP contribution in [0.3, 0.4) is 0 Å². The number of alkyl carbamates (subject to hydrolysis) is 1. The van der Waals surface area contributed by atoms with Gasteiger partial charge in [0.15, 0.2) is 0 Å². The van der Waals surface area contributed by atoms with Crippen molar-refractivity contribution in [2.24, 2.45) is 0 Å². The number of hydrogen-bond donors (Lipinski definition) is 5. The second-order valence-electron chi connectivity index (χ2n) is 13.5. The van der Waals surface area contributed by atoms with E-state index in [1.165, 1.54) is 7.11 Å². The fourth-order valence-corrected chi connectivity index (χ4v) is 7.39. The van der Waals surface area contributed by atoms with E-state index in [1.54, 1.807) is 53.4 Å². The van der Waals surface area contributed by atoms with E-state index < -0.39 is 24.3 Å². The number of H-pyrrole nitrogens is 2. The lowest BCUT2D eigenvalue weighted by atomic mass is 10.0. The Bertz CT molecular complexity index is 2110. The molecule has 7 rings (SSSR count). The molecule has 5 N–H and O–H groups in total. The van der Waals surface area contributed by atoms with E-state index in [2.05, 4.69) is 47.4 Å². The number of benzene rings is 3. The average Bonchev–Trinajstić information content (AvgIpc) is 4.03. The standard InChI is InChI=1S/C40H42N8O6/c1-24(43-40(53)54-2)37(49)47-20-6-10-32(47)35-41-22-30(44-35)27-16-12-25(13-17-27)26-14-18-28(19-15-26)31-23-42-36(45-31)33-11-7-21-48(33)38(50)34(46-39(51)52)29-8-4-3-5-9-29/h3-5,8-9,12-19,22-24,32-34,46H,6-7,10-11,20-21H2,1-2H3,(H,41,44)(H,42,45)(H,43,53)(H,51,52)/t24-,32-,33-,34+/m0/s1. The van der Waals surface area contributed by atoms with Crippen molar-refractivity contribution in [1.82, 2.24) is 40.4 Å². The molecule has 278 valence electrons. The van der Waals surface area contributed by atoms with Crippen LogP contribution in [0.15, 0.2) is 91.3 Å². The molecule has 2 aromatic heterocycles. The molecule has 14 nitrogen and oxygen atoms in total. The van der Waals surface area contributed by atoms with E-state index in [9.17, 15) is 24.3 Å². The maximum atomic E-state index is 13.7. The number of aromatic nitrogens is 4. The normalized spacial score (nSPS) is 17.9. The number of likely N-dealkylation sites (tertiary alicyclic amines) is 2. The number of hydrogen-bond acceptors (Lipinski definition) is 7. The number of carboxylic acid groups (broad SMARTS) is 1. The van der Waals surface area contributed by atoms with Crippen LogP contribution in [-0.4, -0.2) is 85.1 Å². The van der Waals surface area contributed by atoms with Crippen LogP contribution in [0.5, 0.6) is 0 Å². The molecule has 0 spiro atoms. The van der Waals surface area contributed by atoms with Gasteiger partial charge in [0.25, 0.3) is 5.91 Å². The van der Waals surface area contributed by atoms with Crippen molar-refractivity contribution >= 4 is 24.0 Å². The molecule has 4 atom stereocenters. The molecule has 0 radical (unpaired) electrons. The van der Waals surface area contributed by atoms with Crippen LogP contribution in [0.2, 0.25) is 0 Å². The first kappa shape index (κ1) is 35.9. The fourth-order valence-electron chi connectivity index (χ4n) is 7.39. The number of methoxy groups -OCH3 is 1. The molecule has 2 aliphatic rings. The van der Waals surface area contributed by atoms with Gasteiger partial charge in [-0.3, -0.25) is 9.59 Å². The molecule has 14 heteroatoms. The van der Waals surface area contributed by atoms with Crippen molar-refractivity contribution in [1.29, 1.82) is 0 Å². The third kappa shape index (κ3) is 7.54. The minimum atomic E-state index is -1.26. The molecule has 3 aromatic carbocycles. The molecule has 5 aromatic rings. The highest BCUT2D eigenvalue weighted by molar-refractivity contribution is 5.87. The molecular weight excluding hydrogens is 688 g/mol. The van der Waals surface area contributed by atoms with Gasteiger partial charge in [-0.05, 0) is 60.4 Å². The number of nitrogens with zero attached hydrogens (tertiary/aromatic N) is 4. The third-order valence-electron chi connectivity index (χ3n) is 10.2. The summed E-state index contributed by atoms with van der Waals surface area (Å²) >= 11 is 0. The maximum Gasteiger partial charge on any atom is 0.407 e. The fraction of sp³-hybridized carbons (Fsp3) is 0.300. The molecule has 2 saturated heterocycles. The van der Waals surface area contributed by atoms with E-state index in [4.69, 9.17) is 0 Å². The number of amides is 4. The van der Waals surface area contributed by atoms with Gasteiger partial charge in [0, 0.05) is 13.1 Å². The van der Waals surface area contributed by atoms with Gasteiger partial charge in [-0.25, -0.2) is 19.6 Å². The summed E-state index contributed by atoms with van der Waals surface area (Å²) in [5, 5.41) is 14.4. The zero-order chi connectivity index (χ0) is 37.8. The predicted molar refractivity (Wildman–Crippen MR) is 200 cm³/mol. The van der Waals surface area contributed by atoms with E-state index in [0.717, 1.165) is 59.3 Å². The Kier molecular flexibility index (Phi) is 10.4. The number of aromatic amines is 2. The van der Waals surface area contributed by atoms with E-state index >= 15 is 0 Å². The van der Waals surface area contributed by atoms with Crippen LogP contribution in [0, 0.1) is 0 Å². The zero-order valence-electron chi connectivity index (χ0n) is 30.0. The second-order valence-corrected chi connectivity index (χ2v) is 13.5. The second kappa shape index (κ2) is 15.7. The molecule has 4 heterocycles. The zero-order valence-corrected chi connectivity index (χ0v) is 30.0. The number of imidazole rings is 2. The lowest BCUT2D eigenvalue weighted by Crippen LogP contribution is -2.46. The van der Waals surface area contributed by atoms with Crippen LogP contribution in [0.4, 0.5) is 9.59 Å². The van der Waals surface area contributed by atoms with E-state index in [-0.39, 0.29) is 23.9 Å². The molecule has 0 unspecified atom stereocenters. The topological polar surface area (TPSA) is 186 Å². The van der Waals surface area contributed by atoms with Gasteiger partial charge >= 0.3 is 12.2 Å². The first-order valence-electron chi connectivity index (χ1n) is 18.0. The summed E-state index contributed by atoms with van der Waals surface area (Å²) in [6.07, 6.45) is 4.77. The van der Waals surface area contributed by atoms with Crippen molar-refractivity contribution in [3.8, 4) is 33.6 Å². The Labute approximate surface area is 312 Å². The molecule has 0 bridgehead atoms. The summed E-state index contributed by atoms with van der Waals surface area (Å²) in [7, 11) is 1.27. The van der Waals surface area contributed by atoms with Crippen molar-refractivity contribution < 1.29 is 29.0 Å². The first-order valence-corrected chi connectivity index (χ1v) is 18.0. The molecule has 4 amide bonds. The van der Waals surface area contributed by atoms with Crippen LogP contribution in [0.1, 0.15) is 67.9 Å². The highest BCUT2D eigenvalue weighted by Crippen LogP contribution is 2.35. The molecular formula is C40H42N8O6. The van der Waals surface area contributed by atoms with Gasteiger partial charge in [0.05, 0.1) is 43.0 Å². The lowest BCUT2D eigenvalue weighted by Gasteiger charge is -2.28. The monoisotopic (exact) mass is 730 g/mol. The lowest BCUT2D eigenvalue weighted by molar-refractivity contribution is -0.135. The number of ether oxygens (including phenoxy) is 1. The summed E-state index contributed by atoms with van der Waals surface area (Å²) in [6, 6.07) is 23.0. The molecule has 0 aliphatic carbocycles. The number of carbonyl (C=O) groups is 4.